The van der Waals surface area contributed by atoms with Crippen LogP contribution in [-0.4, -0.2) is 31.1 Å². The number of furan rings is 1. The molecular formula is C13H21BrN2O. The van der Waals surface area contributed by atoms with Crippen LogP contribution in [0.3, 0.4) is 0 Å². The Morgan fingerprint density at radius 1 is 1.24 bits per heavy atom. The second-order valence-corrected chi connectivity index (χ2v) is 5.42. The Balaban J connectivity index is 1.51. The van der Waals surface area contributed by atoms with E-state index >= 15 is 0 Å². The van der Waals surface area contributed by atoms with Crippen LogP contribution in [0.1, 0.15) is 31.4 Å². The van der Waals surface area contributed by atoms with Crippen molar-refractivity contribution >= 4 is 15.9 Å². The molecule has 0 atom stereocenters. The van der Waals surface area contributed by atoms with Crippen LogP contribution in [0, 0.1) is 0 Å². The molecule has 2 heterocycles. The van der Waals surface area contributed by atoms with Crippen LogP contribution in [0.5, 0.6) is 0 Å². The van der Waals surface area contributed by atoms with Crippen LogP contribution in [-0.2, 0) is 6.54 Å². The average molecular weight is 301 g/mol. The van der Waals surface area contributed by atoms with Gasteiger partial charge in [0.25, 0.3) is 0 Å². The normalized spacial score (nSPS) is 17.5. The molecule has 1 aliphatic heterocycles. The van der Waals surface area contributed by atoms with E-state index in [4.69, 9.17) is 4.42 Å². The Bertz CT molecular complexity index is 321. The molecule has 1 aliphatic rings. The van der Waals surface area contributed by atoms with E-state index in [1.807, 2.05) is 12.1 Å². The highest BCUT2D eigenvalue weighted by Gasteiger charge is 2.08. The van der Waals surface area contributed by atoms with Crippen LogP contribution in [0.15, 0.2) is 21.2 Å². The van der Waals surface area contributed by atoms with Crippen molar-refractivity contribution in [3.8, 4) is 0 Å². The molecule has 4 heteroatoms. The van der Waals surface area contributed by atoms with E-state index in [0.717, 1.165) is 23.5 Å². The Morgan fingerprint density at radius 2 is 2.06 bits per heavy atom. The van der Waals surface area contributed by atoms with Gasteiger partial charge in [0.05, 0.1) is 6.54 Å². The summed E-state index contributed by atoms with van der Waals surface area (Å²) in [6.07, 6.45) is 5.41. The number of rotatable bonds is 6. The summed E-state index contributed by atoms with van der Waals surface area (Å²) in [7, 11) is 0. The van der Waals surface area contributed by atoms with E-state index in [1.165, 1.54) is 45.3 Å². The van der Waals surface area contributed by atoms with Gasteiger partial charge in [-0.1, -0.05) is 6.42 Å². The SMILES string of the molecule is Brc1ccc(CNCCCN2CCCCC2)o1. The third kappa shape index (κ3) is 4.82. The van der Waals surface area contributed by atoms with E-state index in [-0.39, 0.29) is 0 Å². The number of nitrogens with one attached hydrogen (secondary N) is 1. The van der Waals surface area contributed by atoms with Crippen LogP contribution in [0.25, 0.3) is 0 Å². The largest absolute Gasteiger partial charge is 0.453 e. The lowest BCUT2D eigenvalue weighted by Gasteiger charge is -2.26. The average Bonchev–Trinajstić information content (AvgIpc) is 2.76. The van der Waals surface area contributed by atoms with Gasteiger partial charge in [-0.2, -0.15) is 0 Å². The molecule has 1 aromatic rings. The molecule has 0 amide bonds. The molecule has 1 N–H and O–H groups in total. The summed E-state index contributed by atoms with van der Waals surface area (Å²) in [5.41, 5.74) is 0. The standard InChI is InChI=1S/C13H21BrN2O/c14-13-6-5-12(17-13)11-15-7-4-10-16-8-2-1-3-9-16/h5-6,15H,1-4,7-11H2. The minimum absolute atomic E-state index is 0.808. The van der Waals surface area contributed by atoms with E-state index in [1.54, 1.807) is 0 Å². The first-order valence-corrected chi connectivity index (χ1v) is 7.31. The molecule has 3 nitrogen and oxygen atoms in total. The number of piperidine rings is 1. The first kappa shape index (κ1) is 13.1. The van der Waals surface area contributed by atoms with Crippen molar-refractivity contribution in [3.63, 3.8) is 0 Å². The van der Waals surface area contributed by atoms with Crippen molar-refractivity contribution in [1.82, 2.24) is 10.2 Å². The summed E-state index contributed by atoms with van der Waals surface area (Å²) < 4.78 is 6.23. The fraction of sp³-hybridized carbons (Fsp3) is 0.692. The maximum absolute atomic E-state index is 5.42. The highest BCUT2D eigenvalue weighted by Crippen LogP contribution is 2.13. The minimum Gasteiger partial charge on any atom is -0.453 e. The van der Waals surface area contributed by atoms with E-state index in [9.17, 15) is 0 Å². The number of likely N-dealkylation sites (tertiary alicyclic amines) is 1. The van der Waals surface area contributed by atoms with Crippen molar-refractivity contribution < 1.29 is 4.42 Å². The van der Waals surface area contributed by atoms with Crippen LogP contribution >= 0.6 is 15.9 Å². The first-order valence-electron chi connectivity index (χ1n) is 6.52. The monoisotopic (exact) mass is 300 g/mol. The second-order valence-electron chi connectivity index (χ2n) is 4.64. The maximum Gasteiger partial charge on any atom is 0.169 e. The summed E-state index contributed by atoms with van der Waals surface area (Å²) in [4.78, 5) is 2.58. The number of hydrogen-bond donors (Lipinski definition) is 1. The van der Waals surface area contributed by atoms with Crippen molar-refractivity contribution in [3.05, 3.63) is 22.6 Å². The van der Waals surface area contributed by atoms with E-state index < -0.39 is 0 Å². The van der Waals surface area contributed by atoms with Gasteiger partial charge in [-0.15, -0.1) is 0 Å². The van der Waals surface area contributed by atoms with E-state index in [0.29, 0.717) is 0 Å². The van der Waals surface area contributed by atoms with Gasteiger partial charge in [-0.3, -0.25) is 0 Å². The zero-order valence-electron chi connectivity index (χ0n) is 10.3. The number of nitrogens with zero attached hydrogens (tertiary/aromatic N) is 1. The predicted octanol–water partition coefficient (Wildman–Crippen LogP) is 3.01. The molecule has 0 spiro atoms. The summed E-state index contributed by atoms with van der Waals surface area (Å²) in [6.45, 7) is 5.71. The Hall–Kier alpha value is -0.320. The molecule has 1 fully saturated rings. The minimum atomic E-state index is 0.808. The molecule has 0 unspecified atom stereocenters. The van der Waals surface area contributed by atoms with Crippen LogP contribution < -0.4 is 5.32 Å². The molecule has 17 heavy (non-hydrogen) atoms. The zero-order valence-corrected chi connectivity index (χ0v) is 11.8. The number of halogens is 1. The van der Waals surface area contributed by atoms with Crippen molar-refractivity contribution in [2.24, 2.45) is 0 Å². The van der Waals surface area contributed by atoms with Crippen molar-refractivity contribution in [1.29, 1.82) is 0 Å². The third-order valence-electron chi connectivity index (χ3n) is 3.20. The molecule has 0 radical (unpaired) electrons. The van der Waals surface area contributed by atoms with Crippen LogP contribution in [0.4, 0.5) is 0 Å². The number of hydrogen-bond acceptors (Lipinski definition) is 3. The van der Waals surface area contributed by atoms with Gasteiger partial charge in [-0.25, -0.2) is 0 Å². The molecule has 0 aliphatic carbocycles. The zero-order chi connectivity index (χ0) is 11.9. The summed E-state index contributed by atoms with van der Waals surface area (Å²) in [5, 5.41) is 3.41. The fourth-order valence-corrected chi connectivity index (χ4v) is 2.61. The molecule has 0 bridgehead atoms. The van der Waals surface area contributed by atoms with Crippen molar-refractivity contribution in [2.45, 2.75) is 32.2 Å². The molecular weight excluding hydrogens is 280 g/mol. The van der Waals surface area contributed by atoms with Gasteiger partial charge in [-0.05, 0) is 73.5 Å². The highest BCUT2D eigenvalue weighted by atomic mass is 79.9. The lowest BCUT2D eigenvalue weighted by atomic mass is 10.1. The summed E-state index contributed by atoms with van der Waals surface area (Å²) in [5.74, 6) is 0.995. The quantitative estimate of drug-likeness (QED) is 0.819. The topological polar surface area (TPSA) is 28.4 Å². The summed E-state index contributed by atoms with van der Waals surface area (Å²) in [6, 6.07) is 3.94. The third-order valence-corrected chi connectivity index (χ3v) is 3.63. The van der Waals surface area contributed by atoms with Gasteiger partial charge in [0.1, 0.15) is 5.76 Å². The van der Waals surface area contributed by atoms with Gasteiger partial charge in [0.15, 0.2) is 4.67 Å². The van der Waals surface area contributed by atoms with Gasteiger partial charge in [0.2, 0.25) is 0 Å². The fourth-order valence-electron chi connectivity index (χ4n) is 2.27. The predicted molar refractivity (Wildman–Crippen MR) is 73.0 cm³/mol. The van der Waals surface area contributed by atoms with Gasteiger partial charge < -0.3 is 14.6 Å². The molecule has 96 valence electrons. The summed E-state index contributed by atoms with van der Waals surface area (Å²) >= 11 is 3.31. The first-order chi connectivity index (χ1) is 8.34. The van der Waals surface area contributed by atoms with Gasteiger partial charge >= 0.3 is 0 Å². The molecule has 0 saturated carbocycles. The van der Waals surface area contributed by atoms with Crippen molar-refractivity contribution in [2.75, 3.05) is 26.2 Å². The Morgan fingerprint density at radius 3 is 2.76 bits per heavy atom. The smallest absolute Gasteiger partial charge is 0.169 e. The molecule has 0 aromatic carbocycles. The Labute approximate surface area is 112 Å². The molecule has 2 rings (SSSR count). The van der Waals surface area contributed by atoms with Gasteiger partial charge in [0, 0.05) is 0 Å². The maximum atomic E-state index is 5.42. The van der Waals surface area contributed by atoms with E-state index in [2.05, 4.69) is 26.1 Å². The Kier molecular flexibility index (Phi) is 5.55. The molecule has 1 saturated heterocycles. The highest BCUT2D eigenvalue weighted by molar-refractivity contribution is 9.10. The lowest BCUT2D eigenvalue weighted by molar-refractivity contribution is 0.225. The lowest BCUT2D eigenvalue weighted by Crippen LogP contribution is -2.32. The second kappa shape index (κ2) is 7.19. The molecule has 1 aromatic heterocycles. The van der Waals surface area contributed by atoms with Crippen LogP contribution in [0.2, 0.25) is 0 Å².